The first kappa shape index (κ1) is 31.0. The third-order valence-electron chi connectivity index (χ3n) is 13.3. The van der Waals surface area contributed by atoms with Crippen LogP contribution in [-0.2, 0) is 4.79 Å². The highest BCUT2D eigenvalue weighted by atomic mass is 16.3. The molecular weight excluding hydrogens is 480 g/mol. The Kier molecular flexibility index (Phi) is 8.53. The van der Waals surface area contributed by atoms with Gasteiger partial charge in [-0.1, -0.05) is 79.5 Å². The molecule has 0 aliphatic heterocycles. The normalized spacial score (nSPS) is 46.9. The predicted octanol–water partition coefficient (Wildman–Crippen LogP) is 8.39. The Morgan fingerprint density at radius 2 is 1.79 bits per heavy atom. The zero-order valence-electron chi connectivity index (χ0n) is 26.9. The van der Waals surface area contributed by atoms with Crippen LogP contribution in [0.25, 0.3) is 0 Å². The number of fused-ring (bicyclic) bond motifs is 3. The van der Waals surface area contributed by atoms with E-state index in [1.54, 1.807) is 6.92 Å². The number of hydrogen-bond donors (Lipinski definition) is 2. The van der Waals surface area contributed by atoms with E-state index in [1.807, 2.05) is 0 Å². The monoisotopic (exact) mass is 540 g/mol. The molecule has 4 rings (SSSR count). The van der Waals surface area contributed by atoms with Crippen molar-refractivity contribution >= 4 is 5.78 Å². The number of allylic oxidation sites excluding steroid dienone is 2. The average Bonchev–Trinajstić information content (AvgIpc) is 2.81. The van der Waals surface area contributed by atoms with E-state index in [9.17, 15) is 15.0 Å². The lowest BCUT2D eigenvalue weighted by Gasteiger charge is -2.69. The van der Waals surface area contributed by atoms with Crippen LogP contribution in [0.4, 0.5) is 0 Å². The van der Waals surface area contributed by atoms with Crippen molar-refractivity contribution in [3.8, 4) is 0 Å². The van der Waals surface area contributed by atoms with Crippen molar-refractivity contribution in [2.24, 2.45) is 63.6 Å². The van der Waals surface area contributed by atoms with Gasteiger partial charge in [0, 0.05) is 17.3 Å². The number of hydrogen-bond acceptors (Lipinski definition) is 3. The molecule has 0 aromatic rings. The minimum Gasteiger partial charge on any atom is -0.389 e. The highest BCUT2D eigenvalue weighted by molar-refractivity contribution is 5.86. The Labute approximate surface area is 240 Å². The Hall–Kier alpha value is -0.930. The van der Waals surface area contributed by atoms with Gasteiger partial charge in [-0.15, -0.1) is 0 Å². The van der Waals surface area contributed by atoms with Gasteiger partial charge >= 0.3 is 0 Å². The summed E-state index contributed by atoms with van der Waals surface area (Å²) in [5.41, 5.74) is 2.69. The van der Waals surface area contributed by atoms with Crippen LogP contribution < -0.4 is 0 Å². The van der Waals surface area contributed by atoms with Gasteiger partial charge < -0.3 is 10.2 Å². The molecule has 3 heteroatoms. The molecule has 3 fully saturated rings. The molecule has 0 spiro atoms. The largest absolute Gasteiger partial charge is 0.389 e. The lowest BCUT2D eigenvalue weighted by atomic mass is 9.35. The van der Waals surface area contributed by atoms with Crippen LogP contribution in [0, 0.1) is 63.6 Å². The number of rotatable bonds is 7. The third kappa shape index (κ3) is 4.74. The summed E-state index contributed by atoms with van der Waals surface area (Å²) in [5.74, 6) is 3.11. The number of ketones is 1. The number of aliphatic hydroxyl groups is 2. The van der Waals surface area contributed by atoms with E-state index in [0.29, 0.717) is 35.4 Å². The zero-order chi connectivity index (χ0) is 29.2. The van der Waals surface area contributed by atoms with E-state index in [1.165, 1.54) is 24.8 Å². The van der Waals surface area contributed by atoms with Gasteiger partial charge in [0.05, 0.1) is 12.2 Å². The van der Waals surface area contributed by atoms with Crippen LogP contribution in [-0.4, -0.2) is 28.2 Å². The molecule has 0 aromatic heterocycles. The molecule has 39 heavy (non-hydrogen) atoms. The van der Waals surface area contributed by atoms with E-state index in [-0.39, 0.29) is 28.6 Å². The number of unbranched alkanes of at least 4 members (excludes halogenated alkanes) is 1. The molecule has 0 aromatic carbocycles. The van der Waals surface area contributed by atoms with Crippen molar-refractivity contribution < 1.29 is 15.0 Å². The minimum atomic E-state index is -0.719. The maximum absolute atomic E-state index is 14.9. The molecule has 4 aliphatic carbocycles. The summed E-state index contributed by atoms with van der Waals surface area (Å²) in [4.78, 5) is 14.9. The molecule has 0 amide bonds. The fourth-order valence-corrected chi connectivity index (χ4v) is 11.3. The predicted molar refractivity (Wildman–Crippen MR) is 162 cm³/mol. The molecule has 0 heterocycles. The summed E-state index contributed by atoms with van der Waals surface area (Å²) < 4.78 is 0. The standard InChI is InChI=1S/C36H60O3/c1-12-13-14-21(4)15-26-16-27(20(2)3)28-18-34(9)19-35(10)17-22(5)29(25(8)37)33(39)36(35,11)24(7)31(34)32(38)30(28)23(26)6/h20,23-28,30-31,33,37,39H,4,12-19H2,1-3,5-11H3. The van der Waals surface area contributed by atoms with Crippen LogP contribution in [0.15, 0.2) is 23.3 Å². The van der Waals surface area contributed by atoms with Crippen molar-refractivity contribution in [1.29, 1.82) is 0 Å². The molecule has 2 N–H and O–H groups in total. The van der Waals surface area contributed by atoms with Crippen LogP contribution in [0.2, 0.25) is 0 Å². The maximum Gasteiger partial charge on any atom is 0.140 e. The van der Waals surface area contributed by atoms with Crippen LogP contribution in [0.3, 0.4) is 0 Å². The second-order valence-electron chi connectivity index (χ2n) is 16.0. The van der Waals surface area contributed by atoms with Gasteiger partial charge in [0.1, 0.15) is 5.78 Å². The Bertz CT molecular complexity index is 991. The first-order chi connectivity index (χ1) is 18.0. The fourth-order valence-electron chi connectivity index (χ4n) is 11.3. The number of aliphatic hydroxyl groups excluding tert-OH is 2. The molecule has 0 saturated heterocycles. The quantitative estimate of drug-likeness (QED) is 0.319. The van der Waals surface area contributed by atoms with E-state index < -0.39 is 17.6 Å². The molecule has 222 valence electrons. The second kappa shape index (κ2) is 10.7. The molecule has 4 aliphatic rings. The highest BCUT2D eigenvalue weighted by Gasteiger charge is 2.69. The Morgan fingerprint density at radius 1 is 1.15 bits per heavy atom. The minimum absolute atomic E-state index is 0.0440. The summed E-state index contributed by atoms with van der Waals surface area (Å²) in [7, 11) is 0. The van der Waals surface area contributed by atoms with Gasteiger partial charge in [0.15, 0.2) is 0 Å². The number of carbonyl (C=O) groups excluding carboxylic acids is 1. The van der Waals surface area contributed by atoms with Gasteiger partial charge in [-0.05, 0) is 111 Å². The smallest absolute Gasteiger partial charge is 0.140 e. The Balaban J connectivity index is 1.74. The number of carbonyl (C=O) groups is 1. The summed E-state index contributed by atoms with van der Waals surface area (Å²) in [6, 6.07) is 0. The lowest BCUT2D eigenvalue weighted by molar-refractivity contribution is -0.211. The first-order valence-electron chi connectivity index (χ1n) is 16.3. The van der Waals surface area contributed by atoms with Crippen LogP contribution >= 0.6 is 0 Å². The van der Waals surface area contributed by atoms with Gasteiger partial charge in [-0.3, -0.25) is 4.79 Å². The SMILES string of the molecule is C=C(CCCC)CC1CC(C(C)C)C2CC3(C)CC4(C)CC(C)=C(C(C)O)C(O)C4(C)C(C)C3C(=O)C2C1C. The molecule has 0 bridgehead atoms. The third-order valence-corrected chi connectivity index (χ3v) is 13.3. The fraction of sp³-hybridized carbons (Fsp3) is 0.861. The lowest BCUT2D eigenvalue weighted by Crippen LogP contribution is -2.68. The van der Waals surface area contributed by atoms with Crippen molar-refractivity contribution in [3.63, 3.8) is 0 Å². The van der Waals surface area contributed by atoms with Gasteiger partial charge in [-0.25, -0.2) is 0 Å². The van der Waals surface area contributed by atoms with Crippen molar-refractivity contribution in [1.82, 2.24) is 0 Å². The van der Waals surface area contributed by atoms with Crippen LogP contribution in [0.1, 0.15) is 121 Å². The zero-order valence-corrected chi connectivity index (χ0v) is 26.9. The van der Waals surface area contributed by atoms with Crippen molar-refractivity contribution in [2.45, 2.75) is 133 Å². The molecule has 3 saturated carbocycles. The molecule has 0 radical (unpaired) electrons. The van der Waals surface area contributed by atoms with Gasteiger partial charge in [-0.2, -0.15) is 0 Å². The molecule has 12 atom stereocenters. The molecule has 3 nitrogen and oxygen atoms in total. The molecule has 12 unspecified atom stereocenters. The van der Waals surface area contributed by atoms with E-state index in [4.69, 9.17) is 0 Å². The molecular formula is C36H60O3. The van der Waals surface area contributed by atoms with E-state index >= 15 is 0 Å². The van der Waals surface area contributed by atoms with Crippen LogP contribution in [0.5, 0.6) is 0 Å². The van der Waals surface area contributed by atoms with E-state index in [2.05, 4.69) is 68.9 Å². The van der Waals surface area contributed by atoms with Gasteiger partial charge in [0.2, 0.25) is 0 Å². The van der Waals surface area contributed by atoms with Gasteiger partial charge in [0.25, 0.3) is 0 Å². The van der Waals surface area contributed by atoms with Crippen molar-refractivity contribution in [3.05, 3.63) is 23.3 Å². The summed E-state index contributed by atoms with van der Waals surface area (Å²) >= 11 is 0. The number of Topliss-reactive ketones (excluding diaryl/α,β-unsaturated/α-hetero) is 1. The Morgan fingerprint density at radius 3 is 2.36 bits per heavy atom. The summed E-state index contributed by atoms with van der Waals surface area (Å²) in [5, 5.41) is 22.6. The van der Waals surface area contributed by atoms with Crippen molar-refractivity contribution in [2.75, 3.05) is 0 Å². The highest BCUT2D eigenvalue weighted by Crippen LogP contribution is 2.72. The first-order valence-corrected chi connectivity index (χ1v) is 16.3. The summed E-state index contributed by atoms with van der Waals surface area (Å²) in [6.45, 7) is 27.0. The summed E-state index contributed by atoms with van der Waals surface area (Å²) in [6.07, 6.45) is 7.41. The average molecular weight is 541 g/mol. The maximum atomic E-state index is 14.9. The second-order valence-corrected chi connectivity index (χ2v) is 16.0. The topological polar surface area (TPSA) is 57.5 Å². The van der Waals surface area contributed by atoms with E-state index in [0.717, 1.165) is 43.3 Å².